The highest BCUT2D eigenvalue weighted by molar-refractivity contribution is 5.74. The molecule has 0 heterocycles. The first-order valence-electron chi connectivity index (χ1n) is 3.86. The van der Waals surface area contributed by atoms with Crippen LogP contribution in [0.3, 0.4) is 0 Å². The van der Waals surface area contributed by atoms with Crippen molar-refractivity contribution in [3.8, 4) is 11.5 Å². The van der Waals surface area contributed by atoms with Crippen molar-refractivity contribution >= 4 is 5.97 Å². The summed E-state index contributed by atoms with van der Waals surface area (Å²) < 4.78 is 4.90. The van der Waals surface area contributed by atoms with Crippen LogP contribution in [-0.2, 0) is 4.79 Å². The van der Waals surface area contributed by atoms with Crippen LogP contribution in [0.25, 0.3) is 0 Å². The zero-order valence-corrected chi connectivity index (χ0v) is 7.28. The number of ether oxygens (including phenoxy) is 1. The SMILES string of the molecule is CNCC(=O)Oc1ccc(O)cc1. The molecule has 0 radical (unpaired) electrons. The van der Waals surface area contributed by atoms with Gasteiger partial charge in [0.2, 0.25) is 0 Å². The van der Waals surface area contributed by atoms with E-state index in [0.717, 1.165) is 0 Å². The monoisotopic (exact) mass is 181 g/mol. The molecule has 1 rings (SSSR count). The van der Waals surface area contributed by atoms with E-state index in [-0.39, 0.29) is 18.3 Å². The molecular weight excluding hydrogens is 170 g/mol. The van der Waals surface area contributed by atoms with Gasteiger partial charge in [0.25, 0.3) is 0 Å². The molecule has 0 saturated heterocycles. The molecule has 0 aliphatic carbocycles. The molecule has 0 spiro atoms. The molecule has 0 atom stereocenters. The molecule has 0 unspecified atom stereocenters. The lowest BCUT2D eigenvalue weighted by atomic mass is 10.3. The number of benzene rings is 1. The highest BCUT2D eigenvalue weighted by Crippen LogP contribution is 2.15. The van der Waals surface area contributed by atoms with Crippen LogP contribution in [0.5, 0.6) is 11.5 Å². The number of likely N-dealkylation sites (N-methyl/N-ethyl adjacent to an activating group) is 1. The second-order valence-corrected chi connectivity index (χ2v) is 2.50. The fraction of sp³-hybridized carbons (Fsp3) is 0.222. The van der Waals surface area contributed by atoms with E-state index in [0.29, 0.717) is 5.75 Å². The third kappa shape index (κ3) is 3.13. The lowest BCUT2D eigenvalue weighted by Crippen LogP contribution is -2.23. The average molecular weight is 181 g/mol. The van der Waals surface area contributed by atoms with Crippen molar-refractivity contribution < 1.29 is 14.6 Å². The predicted octanol–water partition coefficient (Wildman–Crippen LogP) is 0.517. The summed E-state index contributed by atoms with van der Waals surface area (Å²) in [6.45, 7) is 0.168. The van der Waals surface area contributed by atoms with Crippen molar-refractivity contribution in [2.75, 3.05) is 13.6 Å². The Bertz CT molecular complexity index is 281. The molecule has 0 aliphatic rings. The molecule has 0 amide bonds. The van der Waals surface area contributed by atoms with Gasteiger partial charge in [-0.2, -0.15) is 0 Å². The number of carbonyl (C=O) groups excluding carboxylic acids is 1. The summed E-state index contributed by atoms with van der Waals surface area (Å²) in [6, 6.07) is 5.98. The predicted molar refractivity (Wildman–Crippen MR) is 47.7 cm³/mol. The topological polar surface area (TPSA) is 58.6 Å². The Morgan fingerprint density at radius 3 is 2.62 bits per heavy atom. The molecule has 4 nitrogen and oxygen atoms in total. The van der Waals surface area contributed by atoms with Crippen molar-refractivity contribution in [2.24, 2.45) is 0 Å². The van der Waals surface area contributed by atoms with E-state index < -0.39 is 0 Å². The van der Waals surface area contributed by atoms with Crippen molar-refractivity contribution in [3.05, 3.63) is 24.3 Å². The van der Waals surface area contributed by atoms with Gasteiger partial charge in [-0.25, -0.2) is 0 Å². The van der Waals surface area contributed by atoms with Crippen molar-refractivity contribution in [1.82, 2.24) is 5.32 Å². The van der Waals surface area contributed by atoms with Gasteiger partial charge in [-0.3, -0.25) is 4.79 Å². The van der Waals surface area contributed by atoms with Gasteiger partial charge in [0.1, 0.15) is 11.5 Å². The van der Waals surface area contributed by atoms with Crippen LogP contribution >= 0.6 is 0 Å². The van der Waals surface area contributed by atoms with Gasteiger partial charge >= 0.3 is 5.97 Å². The minimum atomic E-state index is -0.354. The number of phenolic OH excluding ortho intramolecular Hbond substituents is 1. The first-order valence-corrected chi connectivity index (χ1v) is 3.86. The third-order valence-electron chi connectivity index (χ3n) is 1.39. The highest BCUT2D eigenvalue weighted by Gasteiger charge is 2.01. The first kappa shape index (κ1) is 9.54. The van der Waals surface area contributed by atoms with Crippen LogP contribution < -0.4 is 10.1 Å². The number of esters is 1. The first-order chi connectivity index (χ1) is 6.22. The Balaban J connectivity index is 2.54. The maximum Gasteiger partial charge on any atom is 0.325 e. The van der Waals surface area contributed by atoms with Gasteiger partial charge < -0.3 is 15.2 Å². The fourth-order valence-corrected chi connectivity index (χ4v) is 0.826. The highest BCUT2D eigenvalue weighted by atomic mass is 16.5. The Hall–Kier alpha value is -1.55. The summed E-state index contributed by atoms with van der Waals surface area (Å²) in [4.78, 5) is 11.0. The molecule has 4 heteroatoms. The van der Waals surface area contributed by atoms with E-state index in [1.807, 2.05) is 0 Å². The Morgan fingerprint density at radius 1 is 1.46 bits per heavy atom. The summed E-state index contributed by atoms with van der Waals surface area (Å²) in [6.07, 6.45) is 0. The largest absolute Gasteiger partial charge is 0.508 e. The number of aromatic hydroxyl groups is 1. The van der Waals surface area contributed by atoms with E-state index in [1.165, 1.54) is 24.3 Å². The zero-order chi connectivity index (χ0) is 9.68. The van der Waals surface area contributed by atoms with E-state index >= 15 is 0 Å². The lowest BCUT2D eigenvalue weighted by Gasteiger charge is -2.02. The van der Waals surface area contributed by atoms with Gasteiger partial charge in [0, 0.05) is 0 Å². The number of hydrogen-bond donors (Lipinski definition) is 2. The molecule has 0 aliphatic heterocycles. The van der Waals surface area contributed by atoms with E-state index in [9.17, 15) is 4.79 Å². The molecule has 70 valence electrons. The summed E-state index contributed by atoms with van der Waals surface area (Å²) in [7, 11) is 1.66. The minimum absolute atomic E-state index is 0.147. The second-order valence-electron chi connectivity index (χ2n) is 2.50. The average Bonchev–Trinajstić information content (AvgIpc) is 2.09. The maximum absolute atomic E-state index is 11.0. The number of phenols is 1. The normalized spacial score (nSPS) is 9.62. The van der Waals surface area contributed by atoms with Crippen LogP contribution in [0.1, 0.15) is 0 Å². The lowest BCUT2D eigenvalue weighted by molar-refractivity contribution is -0.133. The van der Waals surface area contributed by atoms with Crippen LogP contribution in [0.4, 0.5) is 0 Å². The standard InChI is InChI=1S/C9H11NO3/c1-10-6-9(12)13-8-4-2-7(11)3-5-8/h2-5,10-11H,6H2,1H3. The van der Waals surface area contributed by atoms with Crippen molar-refractivity contribution in [1.29, 1.82) is 0 Å². The van der Waals surface area contributed by atoms with Crippen LogP contribution in [-0.4, -0.2) is 24.7 Å². The van der Waals surface area contributed by atoms with Crippen LogP contribution in [0.15, 0.2) is 24.3 Å². The van der Waals surface area contributed by atoms with Crippen molar-refractivity contribution in [3.63, 3.8) is 0 Å². The maximum atomic E-state index is 11.0. The molecule has 0 saturated carbocycles. The summed E-state index contributed by atoms with van der Waals surface area (Å²) in [5.74, 6) is 0.222. The molecular formula is C9H11NO3. The van der Waals surface area contributed by atoms with Crippen LogP contribution in [0.2, 0.25) is 0 Å². The minimum Gasteiger partial charge on any atom is -0.508 e. The second kappa shape index (κ2) is 4.47. The Labute approximate surface area is 76.1 Å². The molecule has 0 bridgehead atoms. The summed E-state index contributed by atoms with van der Waals surface area (Å²) >= 11 is 0. The zero-order valence-electron chi connectivity index (χ0n) is 7.28. The quantitative estimate of drug-likeness (QED) is 0.527. The summed E-state index contributed by atoms with van der Waals surface area (Å²) in [5.41, 5.74) is 0. The summed E-state index contributed by atoms with van der Waals surface area (Å²) in [5, 5.41) is 11.6. The van der Waals surface area contributed by atoms with Gasteiger partial charge in [-0.05, 0) is 31.3 Å². The van der Waals surface area contributed by atoms with E-state index in [4.69, 9.17) is 9.84 Å². The number of rotatable bonds is 3. The van der Waals surface area contributed by atoms with E-state index in [2.05, 4.69) is 5.32 Å². The number of carbonyl (C=O) groups is 1. The number of hydrogen-bond acceptors (Lipinski definition) is 4. The number of nitrogens with one attached hydrogen (secondary N) is 1. The molecule has 2 N–H and O–H groups in total. The van der Waals surface area contributed by atoms with Crippen molar-refractivity contribution in [2.45, 2.75) is 0 Å². The molecule has 0 aromatic heterocycles. The molecule has 0 fully saturated rings. The molecule has 1 aromatic carbocycles. The molecule has 1 aromatic rings. The smallest absolute Gasteiger partial charge is 0.325 e. The van der Waals surface area contributed by atoms with Gasteiger partial charge in [-0.15, -0.1) is 0 Å². The Morgan fingerprint density at radius 2 is 2.08 bits per heavy atom. The Kier molecular flexibility index (Phi) is 3.28. The fourth-order valence-electron chi connectivity index (χ4n) is 0.826. The third-order valence-corrected chi connectivity index (χ3v) is 1.39. The van der Waals surface area contributed by atoms with Gasteiger partial charge in [0.05, 0.1) is 6.54 Å². The van der Waals surface area contributed by atoms with Gasteiger partial charge in [-0.1, -0.05) is 0 Å². The van der Waals surface area contributed by atoms with E-state index in [1.54, 1.807) is 7.05 Å². The van der Waals surface area contributed by atoms with Crippen LogP contribution in [0, 0.1) is 0 Å². The molecule has 13 heavy (non-hydrogen) atoms. The van der Waals surface area contributed by atoms with Gasteiger partial charge in [0.15, 0.2) is 0 Å².